The number of methoxy groups -OCH3 is 1. The van der Waals surface area contributed by atoms with Gasteiger partial charge in [0, 0.05) is 18.1 Å². The molecule has 1 heterocycles. The third-order valence-electron chi connectivity index (χ3n) is 2.73. The first-order valence-electron chi connectivity index (χ1n) is 6.37. The van der Waals surface area contributed by atoms with Crippen LogP contribution in [0.3, 0.4) is 0 Å². The molecule has 0 radical (unpaired) electrons. The van der Waals surface area contributed by atoms with Crippen molar-refractivity contribution in [1.82, 2.24) is 9.97 Å². The Bertz CT molecular complexity index is 668. The molecule has 0 amide bonds. The van der Waals surface area contributed by atoms with Crippen LogP contribution in [0.5, 0.6) is 0 Å². The van der Waals surface area contributed by atoms with Crippen LogP contribution in [-0.2, 0) is 4.74 Å². The van der Waals surface area contributed by atoms with Gasteiger partial charge in [-0.15, -0.1) is 0 Å². The van der Waals surface area contributed by atoms with Crippen LogP contribution < -0.4 is 10.6 Å². The third kappa shape index (κ3) is 3.89. The second-order valence-electron chi connectivity index (χ2n) is 4.20. The van der Waals surface area contributed by atoms with Crippen LogP contribution in [0.15, 0.2) is 35.1 Å². The predicted molar refractivity (Wildman–Crippen MR) is 86.5 cm³/mol. The molecule has 22 heavy (non-hydrogen) atoms. The van der Waals surface area contributed by atoms with Crippen LogP contribution in [-0.4, -0.2) is 35.2 Å². The lowest BCUT2D eigenvalue weighted by Gasteiger charge is -2.10. The van der Waals surface area contributed by atoms with E-state index in [0.717, 1.165) is 4.47 Å². The molecule has 2 rings (SSSR count). The Kier molecular flexibility index (Phi) is 5.61. The number of hydrogen-bond donors (Lipinski definition) is 2. The number of anilines is 3. The molecule has 116 valence electrons. The average Bonchev–Trinajstić information content (AvgIpc) is 2.50. The molecular formula is C13H14BrN5O3. The summed E-state index contributed by atoms with van der Waals surface area (Å²) in [5.41, 5.74) is 0.460. The molecule has 0 aliphatic rings. The molecule has 0 spiro atoms. The molecule has 0 saturated heterocycles. The molecule has 0 saturated carbocycles. The lowest BCUT2D eigenvalue weighted by molar-refractivity contribution is -0.383. The standard InChI is InChI=1S/C13H14BrN5O3/c1-22-7-6-15-12-11(19(20)21)13(17-8-16-12)18-10-5-3-2-4-9(10)14/h2-5,8H,6-7H2,1H3,(H2,15,16,17,18). The van der Waals surface area contributed by atoms with Gasteiger partial charge in [-0.05, 0) is 28.1 Å². The molecular weight excluding hydrogens is 354 g/mol. The highest BCUT2D eigenvalue weighted by molar-refractivity contribution is 9.10. The minimum atomic E-state index is -0.520. The number of nitrogens with zero attached hydrogens (tertiary/aromatic N) is 3. The van der Waals surface area contributed by atoms with Crippen molar-refractivity contribution in [3.8, 4) is 0 Å². The van der Waals surface area contributed by atoms with E-state index in [2.05, 4.69) is 36.5 Å². The SMILES string of the molecule is COCCNc1ncnc(Nc2ccccc2Br)c1[N+](=O)[O-]. The van der Waals surface area contributed by atoms with E-state index in [1.54, 1.807) is 13.2 Å². The van der Waals surface area contributed by atoms with Crippen molar-refractivity contribution in [2.45, 2.75) is 0 Å². The number of ether oxygens (including phenoxy) is 1. The highest BCUT2D eigenvalue weighted by atomic mass is 79.9. The number of benzene rings is 1. The number of nitrogens with one attached hydrogen (secondary N) is 2. The van der Waals surface area contributed by atoms with E-state index in [0.29, 0.717) is 18.8 Å². The summed E-state index contributed by atoms with van der Waals surface area (Å²) in [5, 5.41) is 17.2. The molecule has 0 fully saturated rings. The topological polar surface area (TPSA) is 102 Å². The summed E-state index contributed by atoms with van der Waals surface area (Å²) in [4.78, 5) is 18.7. The molecule has 9 heteroatoms. The van der Waals surface area contributed by atoms with Crippen molar-refractivity contribution in [3.63, 3.8) is 0 Å². The van der Waals surface area contributed by atoms with Gasteiger partial charge in [-0.2, -0.15) is 0 Å². The Morgan fingerprint density at radius 2 is 2.05 bits per heavy atom. The number of halogens is 1. The van der Waals surface area contributed by atoms with E-state index in [1.807, 2.05) is 18.2 Å². The van der Waals surface area contributed by atoms with Gasteiger partial charge in [-0.3, -0.25) is 10.1 Å². The maximum atomic E-state index is 11.4. The van der Waals surface area contributed by atoms with E-state index in [4.69, 9.17) is 4.74 Å². The molecule has 1 aromatic carbocycles. The first kappa shape index (κ1) is 16.1. The third-order valence-corrected chi connectivity index (χ3v) is 3.42. The minimum Gasteiger partial charge on any atom is -0.383 e. The average molecular weight is 368 g/mol. The Morgan fingerprint density at radius 3 is 2.73 bits per heavy atom. The first-order valence-corrected chi connectivity index (χ1v) is 7.16. The van der Waals surface area contributed by atoms with Gasteiger partial charge < -0.3 is 15.4 Å². The van der Waals surface area contributed by atoms with Crippen LogP contribution in [0.1, 0.15) is 0 Å². The zero-order valence-electron chi connectivity index (χ0n) is 11.7. The van der Waals surface area contributed by atoms with Crippen LogP contribution in [0.4, 0.5) is 23.0 Å². The van der Waals surface area contributed by atoms with Crippen LogP contribution in [0, 0.1) is 10.1 Å². The van der Waals surface area contributed by atoms with E-state index in [1.165, 1.54) is 6.33 Å². The number of aromatic nitrogens is 2. The van der Waals surface area contributed by atoms with Gasteiger partial charge in [0.05, 0.1) is 17.2 Å². The van der Waals surface area contributed by atoms with Crippen LogP contribution in [0.25, 0.3) is 0 Å². The van der Waals surface area contributed by atoms with Crippen molar-refractivity contribution >= 4 is 38.9 Å². The van der Waals surface area contributed by atoms with E-state index >= 15 is 0 Å². The highest BCUT2D eigenvalue weighted by Crippen LogP contribution is 2.33. The second kappa shape index (κ2) is 7.66. The number of para-hydroxylation sites is 1. The smallest absolute Gasteiger partial charge is 0.353 e. The summed E-state index contributed by atoms with van der Waals surface area (Å²) in [7, 11) is 1.55. The van der Waals surface area contributed by atoms with E-state index in [9.17, 15) is 10.1 Å². The van der Waals surface area contributed by atoms with Crippen molar-refractivity contribution < 1.29 is 9.66 Å². The quantitative estimate of drug-likeness (QED) is 0.440. The lowest BCUT2D eigenvalue weighted by Crippen LogP contribution is -2.12. The van der Waals surface area contributed by atoms with Gasteiger partial charge in [0.25, 0.3) is 0 Å². The zero-order valence-corrected chi connectivity index (χ0v) is 13.3. The Hall–Kier alpha value is -2.26. The van der Waals surface area contributed by atoms with Gasteiger partial charge >= 0.3 is 5.69 Å². The molecule has 2 N–H and O–H groups in total. The zero-order chi connectivity index (χ0) is 15.9. The molecule has 0 bridgehead atoms. The Balaban J connectivity index is 2.32. The second-order valence-corrected chi connectivity index (χ2v) is 5.06. The Morgan fingerprint density at radius 1 is 1.32 bits per heavy atom. The molecule has 8 nitrogen and oxygen atoms in total. The molecule has 0 atom stereocenters. The first-order chi connectivity index (χ1) is 10.6. The lowest BCUT2D eigenvalue weighted by atomic mass is 10.3. The van der Waals surface area contributed by atoms with Gasteiger partial charge in [0.2, 0.25) is 11.6 Å². The largest absolute Gasteiger partial charge is 0.383 e. The predicted octanol–water partition coefficient (Wildman–Crippen LogP) is 2.95. The molecule has 0 aliphatic carbocycles. The van der Waals surface area contributed by atoms with E-state index in [-0.39, 0.29) is 17.3 Å². The monoisotopic (exact) mass is 367 g/mol. The molecule has 0 aliphatic heterocycles. The Labute approximate surface area is 135 Å². The molecule has 1 aromatic heterocycles. The van der Waals surface area contributed by atoms with Crippen molar-refractivity contribution in [3.05, 3.63) is 45.2 Å². The van der Waals surface area contributed by atoms with Gasteiger partial charge in [0.15, 0.2) is 0 Å². The summed E-state index contributed by atoms with van der Waals surface area (Å²) >= 11 is 3.38. The maximum Gasteiger partial charge on any atom is 0.353 e. The fraction of sp³-hybridized carbons (Fsp3) is 0.231. The van der Waals surface area contributed by atoms with Crippen molar-refractivity contribution in [2.24, 2.45) is 0 Å². The number of nitro groups is 1. The van der Waals surface area contributed by atoms with E-state index < -0.39 is 4.92 Å². The fourth-order valence-corrected chi connectivity index (χ4v) is 2.12. The summed E-state index contributed by atoms with van der Waals surface area (Å²) in [5.74, 6) is 0.262. The van der Waals surface area contributed by atoms with Crippen LogP contribution >= 0.6 is 15.9 Å². The van der Waals surface area contributed by atoms with Gasteiger partial charge in [-0.25, -0.2) is 9.97 Å². The minimum absolute atomic E-state index is 0.117. The molecule has 2 aromatic rings. The van der Waals surface area contributed by atoms with Crippen LogP contribution in [0.2, 0.25) is 0 Å². The summed E-state index contributed by atoms with van der Waals surface area (Å²) < 4.78 is 5.68. The number of hydrogen-bond acceptors (Lipinski definition) is 7. The summed E-state index contributed by atoms with van der Waals surface area (Å²) in [6.45, 7) is 0.816. The highest BCUT2D eigenvalue weighted by Gasteiger charge is 2.23. The van der Waals surface area contributed by atoms with Gasteiger partial charge in [-0.1, -0.05) is 12.1 Å². The van der Waals surface area contributed by atoms with Gasteiger partial charge in [0.1, 0.15) is 6.33 Å². The maximum absolute atomic E-state index is 11.4. The summed E-state index contributed by atoms with van der Waals surface area (Å²) in [6.07, 6.45) is 1.27. The molecule has 0 unspecified atom stereocenters. The summed E-state index contributed by atoms with van der Waals surface area (Å²) in [6, 6.07) is 7.28. The number of rotatable bonds is 7. The fourth-order valence-electron chi connectivity index (χ4n) is 1.73. The van der Waals surface area contributed by atoms with Crippen molar-refractivity contribution in [2.75, 3.05) is 30.9 Å². The van der Waals surface area contributed by atoms with Crippen molar-refractivity contribution in [1.29, 1.82) is 0 Å². The normalized spacial score (nSPS) is 10.3.